The molecule has 5 nitrogen and oxygen atoms in total. The van der Waals surface area contributed by atoms with E-state index < -0.39 is 20.6 Å². The van der Waals surface area contributed by atoms with Crippen LogP contribution in [-0.2, 0) is 9.84 Å². The van der Waals surface area contributed by atoms with E-state index in [0.717, 1.165) is 0 Å². The molecule has 0 aromatic heterocycles. The molecule has 0 spiro atoms. The molecular formula is C22H13Cl3N2O3S. The molecule has 0 unspecified atom stereocenters. The number of hydrogen-bond acceptors (Lipinski definition) is 4. The summed E-state index contributed by atoms with van der Waals surface area (Å²) < 4.78 is 25.5. The minimum absolute atomic E-state index is 0.0495. The van der Waals surface area contributed by atoms with E-state index in [9.17, 15) is 18.5 Å². The molecule has 0 fully saturated rings. The van der Waals surface area contributed by atoms with Crippen LogP contribution in [0.4, 0.5) is 5.69 Å². The van der Waals surface area contributed by atoms with Gasteiger partial charge in [0.1, 0.15) is 11.0 Å². The Labute approximate surface area is 194 Å². The number of nitrogens with one attached hydrogen (secondary N) is 1. The predicted molar refractivity (Wildman–Crippen MR) is 123 cm³/mol. The summed E-state index contributed by atoms with van der Waals surface area (Å²) in [4.78, 5) is 12.0. The number of allylic oxidation sites excluding steroid dienone is 1. The lowest BCUT2D eigenvalue weighted by Gasteiger charge is -2.08. The SMILES string of the molecule is N#CC(=Cc1cccc(NC(=O)c2ccc(Cl)cc2Cl)c1)S(=O)(=O)c1ccc(Cl)cc1. The van der Waals surface area contributed by atoms with E-state index in [4.69, 9.17) is 34.8 Å². The number of carbonyl (C=O) groups excluding carboxylic acids is 1. The fourth-order valence-electron chi connectivity index (χ4n) is 2.64. The summed E-state index contributed by atoms with van der Waals surface area (Å²) in [5.74, 6) is -0.461. The van der Waals surface area contributed by atoms with Crippen LogP contribution in [0.2, 0.25) is 15.1 Å². The lowest BCUT2D eigenvalue weighted by Crippen LogP contribution is -2.12. The van der Waals surface area contributed by atoms with Gasteiger partial charge in [0.05, 0.1) is 15.5 Å². The van der Waals surface area contributed by atoms with Gasteiger partial charge in [-0.15, -0.1) is 0 Å². The zero-order chi connectivity index (χ0) is 22.6. The second kappa shape index (κ2) is 9.54. The molecule has 0 aliphatic rings. The number of nitriles is 1. The topological polar surface area (TPSA) is 87.0 Å². The van der Waals surface area contributed by atoms with Crippen molar-refractivity contribution in [1.29, 1.82) is 5.26 Å². The molecule has 0 bridgehead atoms. The first-order valence-corrected chi connectivity index (χ1v) is 11.3. The second-order valence-electron chi connectivity index (χ2n) is 6.28. The first kappa shape index (κ1) is 22.9. The Morgan fingerprint density at radius 3 is 2.26 bits per heavy atom. The Balaban J connectivity index is 1.89. The highest BCUT2D eigenvalue weighted by molar-refractivity contribution is 7.95. The van der Waals surface area contributed by atoms with Crippen molar-refractivity contribution in [2.45, 2.75) is 4.90 Å². The Hall–Kier alpha value is -2.82. The Bertz CT molecular complexity index is 1330. The average molecular weight is 492 g/mol. The van der Waals surface area contributed by atoms with Gasteiger partial charge in [0.2, 0.25) is 9.84 Å². The van der Waals surface area contributed by atoms with Crippen molar-refractivity contribution in [3.8, 4) is 6.07 Å². The minimum atomic E-state index is -4.03. The molecule has 3 aromatic rings. The fourth-order valence-corrected chi connectivity index (χ4v) is 4.42. The molecule has 9 heteroatoms. The molecule has 0 aliphatic heterocycles. The third-order valence-electron chi connectivity index (χ3n) is 4.14. The number of amides is 1. The summed E-state index contributed by atoms with van der Waals surface area (Å²) in [6.45, 7) is 0. The summed E-state index contributed by atoms with van der Waals surface area (Å²) in [6, 6.07) is 18.1. The summed E-state index contributed by atoms with van der Waals surface area (Å²) in [5.41, 5.74) is 1.04. The van der Waals surface area contributed by atoms with Gasteiger partial charge >= 0.3 is 0 Å². The van der Waals surface area contributed by atoms with Gasteiger partial charge in [-0.1, -0.05) is 46.9 Å². The summed E-state index contributed by atoms with van der Waals surface area (Å²) >= 11 is 17.7. The maximum atomic E-state index is 12.8. The van der Waals surface area contributed by atoms with Gasteiger partial charge < -0.3 is 5.32 Å². The molecule has 0 radical (unpaired) electrons. The maximum Gasteiger partial charge on any atom is 0.257 e. The standard InChI is InChI=1S/C22H13Cl3N2O3S/c23-15-4-7-18(8-5-15)31(29,30)19(13-26)11-14-2-1-3-17(10-14)27-22(28)20-9-6-16(24)12-21(20)25/h1-12H,(H,27,28). The molecule has 0 saturated heterocycles. The number of benzene rings is 3. The van der Waals surface area contributed by atoms with E-state index >= 15 is 0 Å². The normalized spacial score (nSPS) is 11.6. The smallest absolute Gasteiger partial charge is 0.257 e. The van der Waals surface area contributed by atoms with Gasteiger partial charge in [0.15, 0.2) is 0 Å². The predicted octanol–water partition coefficient (Wildman–Crippen LogP) is 6.24. The van der Waals surface area contributed by atoms with Crippen molar-refractivity contribution < 1.29 is 13.2 Å². The van der Waals surface area contributed by atoms with Crippen LogP contribution in [0.25, 0.3) is 6.08 Å². The zero-order valence-corrected chi connectivity index (χ0v) is 18.7. The van der Waals surface area contributed by atoms with Crippen LogP contribution in [-0.4, -0.2) is 14.3 Å². The molecular weight excluding hydrogens is 479 g/mol. The highest BCUT2D eigenvalue weighted by Gasteiger charge is 2.21. The van der Waals surface area contributed by atoms with Gasteiger partial charge in [0, 0.05) is 15.7 Å². The first-order chi connectivity index (χ1) is 14.7. The summed E-state index contributed by atoms with van der Waals surface area (Å²) in [7, 11) is -4.03. The second-order valence-corrected chi connectivity index (χ2v) is 9.48. The molecule has 0 heterocycles. The monoisotopic (exact) mass is 490 g/mol. The van der Waals surface area contributed by atoms with Crippen molar-refractivity contribution in [1.82, 2.24) is 0 Å². The minimum Gasteiger partial charge on any atom is -0.322 e. The van der Waals surface area contributed by atoms with Crippen molar-refractivity contribution >= 4 is 62.3 Å². The third-order valence-corrected chi connectivity index (χ3v) is 6.62. The van der Waals surface area contributed by atoms with Gasteiger partial charge in [-0.05, 0) is 66.2 Å². The van der Waals surface area contributed by atoms with E-state index in [2.05, 4.69) is 5.32 Å². The van der Waals surface area contributed by atoms with Crippen LogP contribution < -0.4 is 5.32 Å². The molecule has 0 saturated carbocycles. The number of hydrogen-bond donors (Lipinski definition) is 1. The molecule has 156 valence electrons. The summed E-state index contributed by atoms with van der Waals surface area (Å²) in [5, 5.41) is 13.1. The van der Waals surface area contributed by atoms with Crippen LogP contribution in [0, 0.1) is 11.3 Å². The molecule has 3 rings (SSSR count). The van der Waals surface area contributed by atoms with Crippen LogP contribution in [0.5, 0.6) is 0 Å². The fraction of sp³-hybridized carbons (Fsp3) is 0. The van der Waals surface area contributed by atoms with Crippen LogP contribution in [0.1, 0.15) is 15.9 Å². The Morgan fingerprint density at radius 2 is 1.61 bits per heavy atom. The third kappa shape index (κ3) is 5.46. The van der Waals surface area contributed by atoms with E-state index in [1.807, 2.05) is 0 Å². The van der Waals surface area contributed by atoms with Crippen LogP contribution >= 0.6 is 34.8 Å². The number of rotatable bonds is 5. The van der Waals surface area contributed by atoms with E-state index in [0.29, 0.717) is 21.3 Å². The van der Waals surface area contributed by atoms with E-state index in [1.54, 1.807) is 30.3 Å². The van der Waals surface area contributed by atoms with Gasteiger partial charge in [-0.2, -0.15) is 5.26 Å². The van der Waals surface area contributed by atoms with E-state index in [-0.39, 0.29) is 15.5 Å². The largest absolute Gasteiger partial charge is 0.322 e. The Morgan fingerprint density at radius 1 is 0.935 bits per heavy atom. The van der Waals surface area contributed by atoms with Crippen LogP contribution in [0.15, 0.2) is 76.5 Å². The number of nitrogens with zero attached hydrogens (tertiary/aromatic N) is 1. The molecule has 1 N–H and O–H groups in total. The molecule has 0 aliphatic carbocycles. The number of carbonyl (C=O) groups is 1. The number of anilines is 1. The lowest BCUT2D eigenvalue weighted by molar-refractivity contribution is 0.102. The Kier molecular flexibility index (Phi) is 7.04. The first-order valence-electron chi connectivity index (χ1n) is 8.69. The highest BCUT2D eigenvalue weighted by atomic mass is 35.5. The molecule has 1 amide bonds. The zero-order valence-electron chi connectivity index (χ0n) is 15.6. The van der Waals surface area contributed by atoms with Crippen molar-refractivity contribution in [2.75, 3.05) is 5.32 Å². The molecule has 31 heavy (non-hydrogen) atoms. The van der Waals surface area contributed by atoms with Gasteiger partial charge in [0.25, 0.3) is 5.91 Å². The van der Waals surface area contributed by atoms with Crippen molar-refractivity contribution in [2.24, 2.45) is 0 Å². The van der Waals surface area contributed by atoms with Gasteiger partial charge in [-0.3, -0.25) is 4.79 Å². The van der Waals surface area contributed by atoms with E-state index in [1.165, 1.54) is 48.5 Å². The molecule has 3 aromatic carbocycles. The highest BCUT2D eigenvalue weighted by Crippen LogP contribution is 2.25. The molecule has 0 atom stereocenters. The number of sulfone groups is 1. The van der Waals surface area contributed by atoms with Crippen LogP contribution in [0.3, 0.4) is 0 Å². The van der Waals surface area contributed by atoms with Crippen molar-refractivity contribution in [3.63, 3.8) is 0 Å². The number of halogens is 3. The quantitative estimate of drug-likeness (QED) is 0.428. The van der Waals surface area contributed by atoms with Gasteiger partial charge in [-0.25, -0.2) is 8.42 Å². The lowest BCUT2D eigenvalue weighted by atomic mass is 10.1. The summed E-state index contributed by atoms with van der Waals surface area (Å²) in [6.07, 6.45) is 1.23. The maximum absolute atomic E-state index is 12.8. The average Bonchev–Trinajstić information content (AvgIpc) is 2.72. The van der Waals surface area contributed by atoms with Crippen molar-refractivity contribution in [3.05, 3.63) is 97.8 Å².